The van der Waals surface area contributed by atoms with Crippen LogP contribution in [-0.2, 0) is 14.2 Å². The Morgan fingerprint density at radius 1 is 1.23 bits per heavy atom. The van der Waals surface area contributed by atoms with Gasteiger partial charge in [-0.25, -0.2) is 0 Å². The third-order valence-electron chi connectivity index (χ3n) is 1.51. The molecule has 5 heteroatoms. The van der Waals surface area contributed by atoms with E-state index in [1.165, 1.54) is 0 Å². The SMILES string of the molecule is CCOCC(COCCOC)NN. The maximum atomic E-state index is 5.29. The number of hydrogen-bond donors (Lipinski definition) is 2. The van der Waals surface area contributed by atoms with Crippen molar-refractivity contribution in [3.05, 3.63) is 0 Å². The summed E-state index contributed by atoms with van der Waals surface area (Å²) in [5.41, 5.74) is 2.62. The number of hydrogen-bond acceptors (Lipinski definition) is 5. The number of methoxy groups -OCH3 is 1. The van der Waals surface area contributed by atoms with Crippen LogP contribution in [0.25, 0.3) is 0 Å². The normalized spacial score (nSPS) is 13.2. The molecule has 0 heterocycles. The smallest absolute Gasteiger partial charge is 0.0701 e. The van der Waals surface area contributed by atoms with Crippen LogP contribution < -0.4 is 11.3 Å². The van der Waals surface area contributed by atoms with Crippen molar-refractivity contribution in [2.75, 3.05) is 40.1 Å². The summed E-state index contributed by atoms with van der Waals surface area (Å²) in [6.45, 7) is 4.93. The van der Waals surface area contributed by atoms with Gasteiger partial charge in [0.05, 0.1) is 32.5 Å². The van der Waals surface area contributed by atoms with Gasteiger partial charge in [-0.05, 0) is 6.92 Å². The van der Waals surface area contributed by atoms with Crippen LogP contribution in [0.2, 0.25) is 0 Å². The predicted molar refractivity (Wildman–Crippen MR) is 50.3 cm³/mol. The summed E-state index contributed by atoms with van der Waals surface area (Å²) in [6, 6.07) is 0.0526. The number of nitrogens with two attached hydrogens (primary N) is 1. The quantitative estimate of drug-likeness (QED) is 0.293. The molecule has 0 bridgehead atoms. The molecule has 13 heavy (non-hydrogen) atoms. The summed E-state index contributed by atoms with van der Waals surface area (Å²) in [5.74, 6) is 5.29. The lowest BCUT2D eigenvalue weighted by Gasteiger charge is -2.15. The minimum Gasteiger partial charge on any atom is -0.382 e. The average molecular weight is 192 g/mol. The lowest BCUT2D eigenvalue weighted by atomic mass is 10.3. The van der Waals surface area contributed by atoms with E-state index in [1.54, 1.807) is 7.11 Å². The Kier molecular flexibility index (Phi) is 9.73. The number of rotatable bonds is 9. The summed E-state index contributed by atoms with van der Waals surface area (Å²) in [6.07, 6.45) is 0. The lowest BCUT2D eigenvalue weighted by Crippen LogP contribution is -2.42. The van der Waals surface area contributed by atoms with Crippen molar-refractivity contribution >= 4 is 0 Å². The molecule has 0 radical (unpaired) electrons. The minimum atomic E-state index is 0.0526. The molecule has 5 nitrogen and oxygen atoms in total. The molecule has 0 aliphatic heterocycles. The van der Waals surface area contributed by atoms with Crippen LogP contribution >= 0.6 is 0 Å². The Balaban J connectivity index is 3.25. The second-order valence-electron chi connectivity index (χ2n) is 2.59. The molecule has 80 valence electrons. The zero-order valence-corrected chi connectivity index (χ0v) is 8.41. The Morgan fingerprint density at radius 3 is 2.46 bits per heavy atom. The van der Waals surface area contributed by atoms with Crippen molar-refractivity contribution in [2.24, 2.45) is 5.84 Å². The fraction of sp³-hybridized carbons (Fsp3) is 1.00. The molecule has 0 aromatic rings. The fourth-order valence-corrected chi connectivity index (χ4v) is 0.772. The molecule has 0 rings (SSSR count). The maximum Gasteiger partial charge on any atom is 0.0701 e. The van der Waals surface area contributed by atoms with E-state index in [1.807, 2.05) is 6.92 Å². The Morgan fingerprint density at radius 2 is 1.92 bits per heavy atom. The first-order chi connectivity index (χ1) is 6.35. The fourth-order valence-electron chi connectivity index (χ4n) is 0.772. The lowest BCUT2D eigenvalue weighted by molar-refractivity contribution is 0.0349. The highest BCUT2D eigenvalue weighted by Gasteiger charge is 2.05. The second-order valence-corrected chi connectivity index (χ2v) is 2.59. The molecule has 1 unspecified atom stereocenters. The van der Waals surface area contributed by atoms with Gasteiger partial charge < -0.3 is 14.2 Å². The molecule has 0 saturated carbocycles. The van der Waals surface area contributed by atoms with Gasteiger partial charge in [0.2, 0.25) is 0 Å². The van der Waals surface area contributed by atoms with Crippen molar-refractivity contribution in [1.29, 1.82) is 0 Å². The van der Waals surface area contributed by atoms with E-state index in [-0.39, 0.29) is 6.04 Å². The van der Waals surface area contributed by atoms with Gasteiger partial charge in [-0.15, -0.1) is 0 Å². The van der Waals surface area contributed by atoms with E-state index in [9.17, 15) is 0 Å². The topological polar surface area (TPSA) is 65.7 Å². The zero-order valence-electron chi connectivity index (χ0n) is 8.41. The van der Waals surface area contributed by atoms with Crippen LogP contribution in [0.3, 0.4) is 0 Å². The van der Waals surface area contributed by atoms with Crippen LogP contribution in [0.5, 0.6) is 0 Å². The molecule has 0 aliphatic rings. The largest absolute Gasteiger partial charge is 0.382 e. The van der Waals surface area contributed by atoms with Crippen LogP contribution in [-0.4, -0.2) is 46.2 Å². The average Bonchev–Trinajstić information content (AvgIpc) is 2.17. The van der Waals surface area contributed by atoms with E-state index >= 15 is 0 Å². The van der Waals surface area contributed by atoms with Crippen LogP contribution in [0, 0.1) is 0 Å². The van der Waals surface area contributed by atoms with Crippen molar-refractivity contribution in [1.82, 2.24) is 5.43 Å². The van der Waals surface area contributed by atoms with Gasteiger partial charge in [0.15, 0.2) is 0 Å². The third-order valence-corrected chi connectivity index (χ3v) is 1.51. The van der Waals surface area contributed by atoms with Gasteiger partial charge >= 0.3 is 0 Å². The molecule has 1 atom stereocenters. The zero-order chi connectivity index (χ0) is 9.94. The van der Waals surface area contributed by atoms with E-state index in [4.69, 9.17) is 20.1 Å². The van der Waals surface area contributed by atoms with Gasteiger partial charge in [0.1, 0.15) is 0 Å². The van der Waals surface area contributed by atoms with Crippen molar-refractivity contribution < 1.29 is 14.2 Å². The predicted octanol–water partition coefficient (Wildman–Crippen LogP) is -0.482. The molecule has 0 aromatic carbocycles. The number of ether oxygens (including phenoxy) is 3. The molecule has 3 N–H and O–H groups in total. The Hall–Kier alpha value is -0.200. The van der Waals surface area contributed by atoms with Crippen molar-refractivity contribution in [3.63, 3.8) is 0 Å². The molecule has 0 fully saturated rings. The van der Waals surface area contributed by atoms with Crippen LogP contribution in [0.1, 0.15) is 6.92 Å². The Bertz CT molecular complexity index is 103. The summed E-state index contributed by atoms with van der Waals surface area (Å²) in [5, 5.41) is 0. The summed E-state index contributed by atoms with van der Waals surface area (Å²) >= 11 is 0. The number of hydrazine groups is 1. The second kappa shape index (κ2) is 9.88. The first-order valence-corrected chi connectivity index (χ1v) is 4.45. The molecule has 0 aliphatic carbocycles. The third kappa shape index (κ3) is 8.14. The van der Waals surface area contributed by atoms with Crippen LogP contribution in [0.4, 0.5) is 0 Å². The highest BCUT2D eigenvalue weighted by Crippen LogP contribution is 1.87. The first kappa shape index (κ1) is 12.8. The van der Waals surface area contributed by atoms with Gasteiger partial charge in [0, 0.05) is 13.7 Å². The van der Waals surface area contributed by atoms with Crippen molar-refractivity contribution in [3.8, 4) is 0 Å². The van der Waals surface area contributed by atoms with Gasteiger partial charge in [-0.2, -0.15) is 0 Å². The summed E-state index contributed by atoms with van der Waals surface area (Å²) in [7, 11) is 1.64. The Labute approximate surface area is 79.5 Å². The first-order valence-electron chi connectivity index (χ1n) is 4.45. The summed E-state index contributed by atoms with van der Waals surface area (Å²) in [4.78, 5) is 0. The maximum absolute atomic E-state index is 5.29. The summed E-state index contributed by atoms with van der Waals surface area (Å²) < 4.78 is 15.3. The van der Waals surface area contributed by atoms with Gasteiger partial charge in [-0.1, -0.05) is 0 Å². The van der Waals surface area contributed by atoms with Crippen molar-refractivity contribution in [2.45, 2.75) is 13.0 Å². The highest BCUT2D eigenvalue weighted by molar-refractivity contribution is 4.60. The van der Waals surface area contributed by atoms with E-state index in [0.717, 1.165) is 0 Å². The molecular formula is C8H20N2O3. The molecule has 0 aromatic heterocycles. The minimum absolute atomic E-state index is 0.0526. The highest BCUT2D eigenvalue weighted by atomic mass is 16.5. The van der Waals surface area contributed by atoms with Gasteiger partial charge in [0.25, 0.3) is 0 Å². The van der Waals surface area contributed by atoms with E-state index in [2.05, 4.69) is 5.43 Å². The molecule has 0 spiro atoms. The standard InChI is InChI=1S/C8H20N2O3/c1-3-12-6-8(10-9)7-13-5-4-11-2/h8,10H,3-7,9H2,1-2H3. The molecular weight excluding hydrogens is 172 g/mol. The van der Waals surface area contributed by atoms with E-state index in [0.29, 0.717) is 33.0 Å². The van der Waals surface area contributed by atoms with Gasteiger partial charge in [-0.3, -0.25) is 11.3 Å². The number of nitrogens with one attached hydrogen (secondary N) is 1. The monoisotopic (exact) mass is 192 g/mol. The molecule has 0 saturated heterocycles. The molecule has 0 amide bonds. The van der Waals surface area contributed by atoms with E-state index < -0.39 is 0 Å². The van der Waals surface area contributed by atoms with Crippen LogP contribution in [0.15, 0.2) is 0 Å².